The van der Waals surface area contributed by atoms with Crippen LogP contribution in [0.3, 0.4) is 0 Å². The fraction of sp³-hybridized carbons (Fsp3) is 0.222. The molecule has 0 aliphatic carbocycles. The van der Waals surface area contributed by atoms with Crippen LogP contribution >= 0.6 is 11.6 Å². The lowest BCUT2D eigenvalue weighted by Gasteiger charge is -2.25. The van der Waals surface area contributed by atoms with Gasteiger partial charge in [0.1, 0.15) is 0 Å². The average Bonchev–Trinajstić information content (AvgIpc) is 2.91. The minimum Gasteiger partial charge on any atom is -0.365 e. The molecule has 1 nitrogen and oxygen atoms in total. The molecule has 2 aromatic rings. The molecule has 0 fully saturated rings. The maximum Gasteiger partial charge on any atom is 0.0459 e. The van der Waals surface area contributed by atoms with Crippen molar-refractivity contribution in [2.45, 2.75) is 19.4 Å². The highest BCUT2D eigenvalue weighted by molar-refractivity contribution is 6.31. The lowest BCUT2D eigenvalue weighted by Crippen LogP contribution is -2.29. The molecule has 0 N–H and O–H groups in total. The van der Waals surface area contributed by atoms with Gasteiger partial charge in [0.25, 0.3) is 0 Å². The third-order valence-electron chi connectivity index (χ3n) is 3.86. The van der Waals surface area contributed by atoms with Crippen molar-refractivity contribution in [2.75, 3.05) is 11.4 Å². The van der Waals surface area contributed by atoms with E-state index in [1.165, 1.54) is 16.8 Å². The van der Waals surface area contributed by atoms with E-state index < -0.39 is 0 Å². The summed E-state index contributed by atoms with van der Waals surface area (Å²) in [7, 11) is 0. The summed E-state index contributed by atoms with van der Waals surface area (Å²) < 4.78 is 0. The van der Waals surface area contributed by atoms with Crippen LogP contribution in [-0.2, 0) is 6.42 Å². The Labute approximate surface area is 125 Å². The van der Waals surface area contributed by atoms with Crippen molar-refractivity contribution >= 4 is 23.4 Å². The highest BCUT2D eigenvalue weighted by Crippen LogP contribution is 2.34. The molecule has 1 aliphatic rings. The van der Waals surface area contributed by atoms with Gasteiger partial charge < -0.3 is 4.90 Å². The molecule has 0 saturated heterocycles. The van der Waals surface area contributed by atoms with Gasteiger partial charge in [0.15, 0.2) is 0 Å². The van der Waals surface area contributed by atoms with Crippen molar-refractivity contribution in [3.05, 3.63) is 70.8 Å². The Morgan fingerprint density at radius 2 is 1.90 bits per heavy atom. The first-order chi connectivity index (χ1) is 9.75. The van der Waals surface area contributed by atoms with E-state index >= 15 is 0 Å². The number of hydrogen-bond donors (Lipinski definition) is 0. The first-order valence-electron chi connectivity index (χ1n) is 7.03. The molecular weight excluding hydrogens is 266 g/mol. The van der Waals surface area contributed by atoms with Crippen molar-refractivity contribution in [1.82, 2.24) is 0 Å². The minimum atomic E-state index is 0.370. The van der Waals surface area contributed by atoms with Gasteiger partial charge in [0.05, 0.1) is 0 Å². The quantitative estimate of drug-likeness (QED) is 0.782. The molecule has 0 spiro atoms. The summed E-state index contributed by atoms with van der Waals surface area (Å²) in [4.78, 5) is 2.42. The first-order valence-corrected chi connectivity index (χ1v) is 7.41. The fourth-order valence-corrected chi connectivity index (χ4v) is 3.02. The number of hydrogen-bond acceptors (Lipinski definition) is 1. The Kier molecular flexibility index (Phi) is 3.79. The van der Waals surface area contributed by atoms with E-state index in [-0.39, 0.29) is 0 Å². The van der Waals surface area contributed by atoms with Gasteiger partial charge >= 0.3 is 0 Å². The van der Waals surface area contributed by atoms with Crippen LogP contribution in [0.25, 0.3) is 6.08 Å². The number of nitrogens with zero attached hydrogens (tertiary/aromatic N) is 1. The molecule has 1 atom stereocenters. The molecule has 3 rings (SSSR count). The molecule has 0 bridgehead atoms. The fourth-order valence-electron chi connectivity index (χ4n) is 2.76. The molecule has 1 heterocycles. The zero-order chi connectivity index (χ0) is 13.9. The summed E-state index contributed by atoms with van der Waals surface area (Å²) in [6.45, 7) is 3.27. The monoisotopic (exact) mass is 283 g/mol. The van der Waals surface area contributed by atoms with E-state index in [1.807, 2.05) is 18.2 Å². The molecule has 0 aromatic heterocycles. The van der Waals surface area contributed by atoms with Crippen LogP contribution < -0.4 is 4.90 Å². The third-order valence-corrected chi connectivity index (χ3v) is 4.22. The second-order valence-electron chi connectivity index (χ2n) is 5.19. The van der Waals surface area contributed by atoms with Gasteiger partial charge in [0, 0.05) is 23.3 Å². The summed E-state index contributed by atoms with van der Waals surface area (Å²) >= 11 is 6.27. The number of fused-ring (bicyclic) bond motifs is 1. The van der Waals surface area contributed by atoms with E-state index in [0.717, 1.165) is 18.0 Å². The Bertz CT molecular complexity index is 619. The smallest absolute Gasteiger partial charge is 0.0459 e. The third kappa shape index (κ3) is 2.59. The predicted octanol–water partition coefficient (Wildman–Crippen LogP) is 4.80. The molecule has 2 heteroatoms. The lowest BCUT2D eigenvalue weighted by atomic mass is 10.1. The highest BCUT2D eigenvalue weighted by atomic mass is 35.5. The van der Waals surface area contributed by atoms with Gasteiger partial charge in [-0.3, -0.25) is 0 Å². The van der Waals surface area contributed by atoms with E-state index in [9.17, 15) is 0 Å². The van der Waals surface area contributed by atoms with Gasteiger partial charge in [-0.05, 0) is 36.6 Å². The molecule has 0 unspecified atom stereocenters. The van der Waals surface area contributed by atoms with E-state index in [1.54, 1.807) is 0 Å². The van der Waals surface area contributed by atoms with Crippen molar-refractivity contribution in [3.63, 3.8) is 0 Å². The van der Waals surface area contributed by atoms with E-state index in [0.29, 0.717) is 6.04 Å². The van der Waals surface area contributed by atoms with E-state index in [4.69, 9.17) is 11.6 Å². The zero-order valence-electron chi connectivity index (χ0n) is 11.6. The van der Waals surface area contributed by atoms with Gasteiger partial charge in [-0.1, -0.05) is 60.2 Å². The van der Waals surface area contributed by atoms with Crippen LogP contribution in [0.15, 0.2) is 54.6 Å². The standard InChI is InChI=1S/C18H18ClN/c1-14(10-11-15-6-3-2-4-7-15)20-13-12-16-17(19)8-5-9-18(16)20/h2-11,14H,12-13H2,1H3/b11-10+/t14-/m1/s1. The Morgan fingerprint density at radius 3 is 2.70 bits per heavy atom. The van der Waals surface area contributed by atoms with Crippen LogP contribution in [0.4, 0.5) is 5.69 Å². The van der Waals surface area contributed by atoms with Gasteiger partial charge in [0.2, 0.25) is 0 Å². The van der Waals surface area contributed by atoms with Gasteiger partial charge in [-0.2, -0.15) is 0 Å². The summed E-state index contributed by atoms with van der Waals surface area (Å²) in [5, 5.41) is 0.893. The molecule has 1 aliphatic heterocycles. The lowest BCUT2D eigenvalue weighted by molar-refractivity contribution is 0.767. The summed E-state index contributed by atoms with van der Waals surface area (Å²) in [5.74, 6) is 0. The molecule has 0 saturated carbocycles. The molecule has 2 aromatic carbocycles. The second kappa shape index (κ2) is 5.72. The van der Waals surface area contributed by atoms with E-state index in [2.05, 4.69) is 54.3 Å². The van der Waals surface area contributed by atoms with Crippen molar-refractivity contribution < 1.29 is 0 Å². The molecular formula is C18H18ClN. The number of halogens is 1. The largest absolute Gasteiger partial charge is 0.365 e. The molecule has 102 valence electrons. The van der Waals surface area contributed by atoms with Crippen molar-refractivity contribution in [2.24, 2.45) is 0 Å². The summed E-state index contributed by atoms with van der Waals surface area (Å²) in [6, 6.07) is 17.0. The van der Waals surface area contributed by atoms with Crippen LogP contribution in [0.5, 0.6) is 0 Å². The molecule has 0 amide bonds. The van der Waals surface area contributed by atoms with Crippen LogP contribution in [-0.4, -0.2) is 12.6 Å². The van der Waals surface area contributed by atoms with Crippen LogP contribution in [0, 0.1) is 0 Å². The number of anilines is 1. The predicted molar refractivity (Wildman–Crippen MR) is 87.4 cm³/mol. The van der Waals surface area contributed by atoms with Gasteiger partial charge in [-0.15, -0.1) is 0 Å². The maximum absolute atomic E-state index is 6.27. The van der Waals surface area contributed by atoms with Crippen LogP contribution in [0.1, 0.15) is 18.1 Å². The Morgan fingerprint density at radius 1 is 1.10 bits per heavy atom. The summed E-state index contributed by atoms with van der Waals surface area (Å²) in [6.07, 6.45) is 5.48. The van der Waals surface area contributed by atoms with Gasteiger partial charge in [-0.25, -0.2) is 0 Å². The summed E-state index contributed by atoms with van der Waals surface area (Å²) in [5.41, 5.74) is 3.81. The molecule has 0 radical (unpaired) electrons. The highest BCUT2D eigenvalue weighted by Gasteiger charge is 2.23. The van der Waals surface area contributed by atoms with Crippen LogP contribution in [0.2, 0.25) is 5.02 Å². The molecule has 20 heavy (non-hydrogen) atoms. The first kappa shape index (κ1) is 13.3. The topological polar surface area (TPSA) is 3.24 Å². The van der Waals surface area contributed by atoms with Crippen molar-refractivity contribution in [3.8, 4) is 0 Å². The second-order valence-corrected chi connectivity index (χ2v) is 5.60. The number of rotatable bonds is 3. The average molecular weight is 284 g/mol. The zero-order valence-corrected chi connectivity index (χ0v) is 12.3. The Balaban J connectivity index is 1.79. The normalized spacial score (nSPS) is 15.6. The maximum atomic E-state index is 6.27. The Hall–Kier alpha value is -1.73. The number of benzene rings is 2. The van der Waals surface area contributed by atoms with Crippen molar-refractivity contribution in [1.29, 1.82) is 0 Å². The minimum absolute atomic E-state index is 0.370. The SMILES string of the molecule is C[C@H](/C=C/c1ccccc1)N1CCc2c(Cl)cccc21.